The molecule has 4 nitrogen and oxygen atoms in total. The van der Waals surface area contributed by atoms with Crippen molar-refractivity contribution in [1.82, 2.24) is 5.32 Å². The van der Waals surface area contributed by atoms with Crippen molar-refractivity contribution in [3.05, 3.63) is 0 Å². The van der Waals surface area contributed by atoms with Crippen LogP contribution in [0.15, 0.2) is 0 Å². The monoisotopic (exact) mass is 187 g/mol. The predicted octanol–water partition coefficient (Wildman–Crippen LogP) is -0.0900. The molecule has 0 aromatic rings. The van der Waals surface area contributed by atoms with Crippen molar-refractivity contribution in [1.29, 1.82) is 0 Å². The minimum atomic E-state index is -0.425. The molecule has 2 atom stereocenters. The highest BCUT2D eigenvalue weighted by Gasteiger charge is 2.23. The summed E-state index contributed by atoms with van der Waals surface area (Å²) in [4.78, 5) is 11.4. The van der Waals surface area contributed by atoms with Crippen LogP contribution in [0.5, 0.6) is 0 Å². The number of amides is 1. The number of hydrogen-bond donors (Lipinski definition) is 2. The molecule has 1 aliphatic heterocycles. The maximum Gasteiger partial charge on any atom is 0.225 e. The van der Waals surface area contributed by atoms with Gasteiger partial charge in [0.15, 0.2) is 0 Å². The summed E-state index contributed by atoms with van der Waals surface area (Å²) >= 11 is 0. The Morgan fingerprint density at radius 1 is 1.77 bits per heavy atom. The van der Waals surface area contributed by atoms with Crippen molar-refractivity contribution in [3.63, 3.8) is 0 Å². The highest BCUT2D eigenvalue weighted by molar-refractivity contribution is 5.78. The lowest BCUT2D eigenvalue weighted by molar-refractivity contribution is -0.125. The molecule has 0 radical (unpaired) electrons. The Balaban J connectivity index is 2.16. The van der Waals surface area contributed by atoms with Crippen molar-refractivity contribution >= 4 is 5.91 Å². The van der Waals surface area contributed by atoms with Gasteiger partial charge in [0.2, 0.25) is 5.91 Å². The van der Waals surface area contributed by atoms with Gasteiger partial charge in [-0.25, -0.2) is 0 Å². The van der Waals surface area contributed by atoms with Gasteiger partial charge in [-0.05, 0) is 12.8 Å². The normalized spacial score (nSPS) is 24.3. The molecule has 76 valence electrons. The minimum Gasteiger partial charge on any atom is -0.391 e. The summed E-state index contributed by atoms with van der Waals surface area (Å²) in [6, 6.07) is 0. The van der Waals surface area contributed by atoms with Crippen molar-refractivity contribution < 1.29 is 14.6 Å². The molecule has 4 heteroatoms. The standard InChI is InChI=1S/C9H17NO3/c1-2-8(11)5-10-9(12)7-3-4-13-6-7/h7-8,11H,2-6H2,1H3,(H,10,12). The molecule has 0 saturated carbocycles. The van der Waals surface area contributed by atoms with Crippen LogP contribution in [-0.4, -0.2) is 36.9 Å². The number of carbonyl (C=O) groups excluding carboxylic acids is 1. The van der Waals surface area contributed by atoms with Crippen LogP contribution in [0.2, 0.25) is 0 Å². The fourth-order valence-electron chi connectivity index (χ4n) is 1.25. The fourth-order valence-corrected chi connectivity index (χ4v) is 1.25. The largest absolute Gasteiger partial charge is 0.391 e. The summed E-state index contributed by atoms with van der Waals surface area (Å²) in [7, 11) is 0. The molecule has 1 fully saturated rings. The molecule has 2 unspecified atom stereocenters. The summed E-state index contributed by atoms with van der Waals surface area (Å²) in [5.74, 6) is -0.00550. The number of carbonyl (C=O) groups is 1. The molecule has 1 rings (SSSR count). The van der Waals surface area contributed by atoms with Crippen molar-refractivity contribution in [2.45, 2.75) is 25.9 Å². The summed E-state index contributed by atoms with van der Waals surface area (Å²) < 4.78 is 5.09. The first kappa shape index (κ1) is 10.5. The molecule has 0 aliphatic carbocycles. The molecule has 0 aromatic carbocycles. The topological polar surface area (TPSA) is 58.6 Å². The Morgan fingerprint density at radius 3 is 3.08 bits per heavy atom. The average molecular weight is 187 g/mol. The van der Waals surface area contributed by atoms with Gasteiger partial charge < -0.3 is 15.2 Å². The zero-order chi connectivity index (χ0) is 9.68. The van der Waals surface area contributed by atoms with E-state index in [1.165, 1.54) is 0 Å². The highest BCUT2D eigenvalue weighted by Crippen LogP contribution is 2.11. The van der Waals surface area contributed by atoms with E-state index in [1.54, 1.807) is 0 Å². The summed E-state index contributed by atoms with van der Waals surface area (Å²) in [5, 5.41) is 11.9. The maximum atomic E-state index is 11.4. The van der Waals surface area contributed by atoms with Crippen LogP contribution in [-0.2, 0) is 9.53 Å². The van der Waals surface area contributed by atoms with Crippen LogP contribution < -0.4 is 5.32 Å². The molecular weight excluding hydrogens is 170 g/mol. The van der Waals surface area contributed by atoms with E-state index < -0.39 is 6.10 Å². The van der Waals surface area contributed by atoms with E-state index in [0.717, 1.165) is 6.42 Å². The predicted molar refractivity (Wildman–Crippen MR) is 48.2 cm³/mol. The maximum absolute atomic E-state index is 11.4. The van der Waals surface area contributed by atoms with Crippen molar-refractivity contribution in [3.8, 4) is 0 Å². The second-order valence-corrected chi connectivity index (χ2v) is 3.37. The molecule has 1 saturated heterocycles. The zero-order valence-electron chi connectivity index (χ0n) is 7.95. The first-order chi connectivity index (χ1) is 6.24. The van der Waals surface area contributed by atoms with Crippen LogP contribution in [0.1, 0.15) is 19.8 Å². The molecule has 13 heavy (non-hydrogen) atoms. The molecule has 0 spiro atoms. The first-order valence-corrected chi connectivity index (χ1v) is 4.77. The second-order valence-electron chi connectivity index (χ2n) is 3.37. The van der Waals surface area contributed by atoms with Crippen molar-refractivity contribution in [2.75, 3.05) is 19.8 Å². The highest BCUT2D eigenvalue weighted by atomic mass is 16.5. The van der Waals surface area contributed by atoms with Gasteiger partial charge in [0.1, 0.15) is 0 Å². The lowest BCUT2D eigenvalue weighted by Crippen LogP contribution is -2.36. The van der Waals surface area contributed by atoms with E-state index in [9.17, 15) is 9.90 Å². The van der Waals surface area contributed by atoms with Gasteiger partial charge in [-0.15, -0.1) is 0 Å². The second kappa shape index (κ2) is 5.19. The molecule has 1 amide bonds. The lowest BCUT2D eigenvalue weighted by Gasteiger charge is -2.11. The third-order valence-electron chi connectivity index (χ3n) is 2.28. The van der Waals surface area contributed by atoms with E-state index in [2.05, 4.69) is 5.32 Å². The van der Waals surface area contributed by atoms with Gasteiger partial charge in [0.05, 0.1) is 18.6 Å². The number of aliphatic hydroxyl groups is 1. The van der Waals surface area contributed by atoms with E-state index >= 15 is 0 Å². The van der Waals surface area contributed by atoms with E-state index in [1.807, 2.05) is 6.92 Å². The fraction of sp³-hybridized carbons (Fsp3) is 0.889. The Morgan fingerprint density at radius 2 is 2.54 bits per heavy atom. The average Bonchev–Trinajstić information content (AvgIpc) is 2.66. The van der Waals surface area contributed by atoms with Crippen LogP contribution in [0.4, 0.5) is 0 Å². The third-order valence-corrected chi connectivity index (χ3v) is 2.28. The van der Waals surface area contributed by atoms with E-state index in [4.69, 9.17) is 4.74 Å². The van der Waals surface area contributed by atoms with Crippen LogP contribution >= 0.6 is 0 Å². The summed E-state index contributed by atoms with van der Waals surface area (Å²) in [6.07, 6.45) is 1.04. The van der Waals surface area contributed by atoms with Crippen LogP contribution in [0.3, 0.4) is 0 Å². The number of rotatable bonds is 4. The van der Waals surface area contributed by atoms with Gasteiger partial charge >= 0.3 is 0 Å². The lowest BCUT2D eigenvalue weighted by atomic mass is 10.1. The van der Waals surface area contributed by atoms with Gasteiger partial charge in [-0.2, -0.15) is 0 Å². The number of ether oxygens (including phenoxy) is 1. The van der Waals surface area contributed by atoms with Gasteiger partial charge in [0.25, 0.3) is 0 Å². The van der Waals surface area contributed by atoms with Crippen molar-refractivity contribution in [2.24, 2.45) is 5.92 Å². The quantitative estimate of drug-likeness (QED) is 0.646. The number of nitrogens with one attached hydrogen (secondary N) is 1. The molecule has 1 aliphatic rings. The Bertz CT molecular complexity index is 166. The smallest absolute Gasteiger partial charge is 0.225 e. The molecule has 2 N–H and O–H groups in total. The third kappa shape index (κ3) is 3.32. The van der Waals surface area contributed by atoms with Gasteiger partial charge in [-0.1, -0.05) is 6.92 Å². The number of hydrogen-bond acceptors (Lipinski definition) is 3. The summed E-state index contributed by atoms with van der Waals surface area (Å²) in [5.41, 5.74) is 0. The summed E-state index contributed by atoms with van der Waals surface area (Å²) in [6.45, 7) is 3.43. The van der Waals surface area contributed by atoms with Crippen LogP contribution in [0.25, 0.3) is 0 Å². The zero-order valence-corrected chi connectivity index (χ0v) is 7.95. The first-order valence-electron chi connectivity index (χ1n) is 4.77. The van der Waals surface area contributed by atoms with Gasteiger partial charge in [0, 0.05) is 13.2 Å². The van der Waals surface area contributed by atoms with Crippen LogP contribution in [0, 0.1) is 5.92 Å². The van der Waals surface area contributed by atoms with E-state index in [-0.39, 0.29) is 11.8 Å². The van der Waals surface area contributed by atoms with Gasteiger partial charge in [-0.3, -0.25) is 4.79 Å². The SMILES string of the molecule is CCC(O)CNC(=O)C1CCOC1. The number of aliphatic hydroxyl groups excluding tert-OH is 1. The Kier molecular flexibility index (Phi) is 4.18. The van der Waals surface area contributed by atoms with E-state index in [0.29, 0.717) is 26.2 Å². The molecular formula is C9H17NO3. The minimum absolute atomic E-state index is 0.00463. The Labute approximate surface area is 78.3 Å². The molecule has 0 bridgehead atoms. The Hall–Kier alpha value is -0.610. The molecule has 1 heterocycles. The molecule has 0 aromatic heterocycles.